The molecule has 0 aliphatic rings. The summed E-state index contributed by atoms with van der Waals surface area (Å²) in [5, 5.41) is 11.4. The molecule has 0 bridgehead atoms. The van der Waals surface area contributed by atoms with Crippen molar-refractivity contribution in [2.24, 2.45) is 0 Å². The molecular formula is C16H17ClN2O4. The van der Waals surface area contributed by atoms with Crippen LogP contribution in [0.3, 0.4) is 0 Å². The van der Waals surface area contributed by atoms with Gasteiger partial charge >= 0.3 is 5.97 Å². The molecule has 0 heterocycles. The Bertz CT molecular complexity index is 598. The molecule has 0 spiro atoms. The third-order valence-corrected chi connectivity index (χ3v) is 3.03. The van der Waals surface area contributed by atoms with E-state index in [1.807, 2.05) is 0 Å². The maximum Gasteiger partial charge on any atom is 0.333 e. The molecule has 1 N–H and O–H groups in total. The number of para-hydroxylation sites is 1. The highest BCUT2D eigenvalue weighted by Gasteiger charge is 2.23. The molecule has 1 aromatic rings. The van der Waals surface area contributed by atoms with Crippen molar-refractivity contribution in [3.63, 3.8) is 0 Å². The second kappa shape index (κ2) is 10.2. The average molecular weight is 337 g/mol. The Labute approximate surface area is 139 Å². The van der Waals surface area contributed by atoms with Gasteiger partial charge in [-0.1, -0.05) is 29.8 Å². The fraction of sp³-hybridized carbons (Fsp3) is 0.312. The summed E-state index contributed by atoms with van der Waals surface area (Å²) in [6, 6.07) is 7.41. The molecule has 1 atom stereocenters. The molecule has 23 heavy (non-hydrogen) atoms. The van der Waals surface area contributed by atoms with Crippen molar-refractivity contribution < 1.29 is 19.1 Å². The minimum Gasteiger partial charge on any atom is -0.489 e. The van der Waals surface area contributed by atoms with E-state index < -0.39 is 18.6 Å². The maximum absolute atomic E-state index is 11.9. The standard InChI is InChI=1S/C16H17ClN2O4/c1-2-3-8-15(20)19-13(16(21)22-10-9-18)11-23-14-7-5-4-6-12(14)17/h2,4-7,13H,1,3,8,10-11H2,(H,19,20). The number of nitrogens with zero attached hydrogens (tertiary/aromatic N) is 1. The number of amides is 1. The van der Waals surface area contributed by atoms with Crippen LogP contribution >= 0.6 is 11.6 Å². The van der Waals surface area contributed by atoms with Gasteiger partial charge in [-0.2, -0.15) is 5.26 Å². The minimum atomic E-state index is -1.03. The molecule has 0 aliphatic carbocycles. The van der Waals surface area contributed by atoms with E-state index >= 15 is 0 Å². The summed E-state index contributed by atoms with van der Waals surface area (Å²) in [6.45, 7) is 2.97. The normalized spacial score (nSPS) is 11.0. The highest BCUT2D eigenvalue weighted by molar-refractivity contribution is 6.32. The van der Waals surface area contributed by atoms with Crippen molar-refractivity contribution in [3.8, 4) is 11.8 Å². The number of halogens is 1. The second-order valence-electron chi connectivity index (χ2n) is 4.45. The Balaban J connectivity index is 2.68. The van der Waals surface area contributed by atoms with Gasteiger partial charge in [0.15, 0.2) is 12.6 Å². The van der Waals surface area contributed by atoms with E-state index in [1.165, 1.54) is 0 Å². The van der Waals surface area contributed by atoms with Gasteiger partial charge in [0, 0.05) is 6.42 Å². The van der Waals surface area contributed by atoms with Gasteiger partial charge in [0.2, 0.25) is 5.91 Å². The minimum absolute atomic E-state index is 0.159. The molecule has 6 nitrogen and oxygen atoms in total. The number of carbonyl (C=O) groups excluding carboxylic acids is 2. The lowest BCUT2D eigenvalue weighted by atomic mass is 10.2. The number of allylic oxidation sites excluding steroid dienone is 1. The number of hydrogen-bond donors (Lipinski definition) is 1. The van der Waals surface area contributed by atoms with E-state index in [1.54, 1.807) is 36.4 Å². The summed E-state index contributed by atoms with van der Waals surface area (Å²) >= 11 is 5.96. The largest absolute Gasteiger partial charge is 0.489 e. The highest BCUT2D eigenvalue weighted by Crippen LogP contribution is 2.23. The quantitative estimate of drug-likeness (QED) is 0.552. The molecule has 7 heteroatoms. The van der Waals surface area contributed by atoms with Crippen molar-refractivity contribution in [3.05, 3.63) is 41.9 Å². The molecule has 1 aromatic carbocycles. The van der Waals surface area contributed by atoms with Crippen LogP contribution in [0.4, 0.5) is 0 Å². The fourth-order valence-electron chi connectivity index (χ4n) is 1.61. The zero-order valence-electron chi connectivity index (χ0n) is 12.5. The number of hydrogen-bond acceptors (Lipinski definition) is 5. The van der Waals surface area contributed by atoms with Crippen molar-refractivity contribution in [2.45, 2.75) is 18.9 Å². The van der Waals surface area contributed by atoms with Crippen LogP contribution in [0, 0.1) is 11.3 Å². The molecule has 122 valence electrons. The molecule has 0 saturated carbocycles. The van der Waals surface area contributed by atoms with Crippen LogP contribution in [-0.2, 0) is 14.3 Å². The first-order chi connectivity index (χ1) is 11.1. The summed E-state index contributed by atoms with van der Waals surface area (Å²) in [4.78, 5) is 23.7. The van der Waals surface area contributed by atoms with Crippen LogP contribution in [0.5, 0.6) is 5.75 Å². The van der Waals surface area contributed by atoms with E-state index in [-0.39, 0.29) is 18.9 Å². The lowest BCUT2D eigenvalue weighted by molar-refractivity contribution is -0.147. The van der Waals surface area contributed by atoms with Crippen molar-refractivity contribution in [1.29, 1.82) is 5.26 Å². The van der Waals surface area contributed by atoms with Gasteiger partial charge in [-0.25, -0.2) is 4.79 Å². The summed E-state index contributed by atoms with van der Waals surface area (Å²) in [5.41, 5.74) is 0. The van der Waals surface area contributed by atoms with Gasteiger partial charge in [-0.15, -0.1) is 6.58 Å². The molecular weight excluding hydrogens is 320 g/mol. The number of benzene rings is 1. The molecule has 1 unspecified atom stereocenters. The molecule has 0 radical (unpaired) electrons. The third kappa shape index (κ3) is 6.85. The average Bonchev–Trinajstić information content (AvgIpc) is 2.55. The topological polar surface area (TPSA) is 88.4 Å². The first kappa shape index (κ1) is 18.5. The predicted octanol–water partition coefficient (Wildman–Crippen LogP) is 2.24. The summed E-state index contributed by atoms with van der Waals surface area (Å²) in [6.07, 6.45) is 2.28. The lowest BCUT2D eigenvalue weighted by Gasteiger charge is -2.18. The lowest BCUT2D eigenvalue weighted by Crippen LogP contribution is -2.45. The second-order valence-corrected chi connectivity index (χ2v) is 4.86. The van der Waals surface area contributed by atoms with Crippen molar-refractivity contribution in [2.75, 3.05) is 13.2 Å². The summed E-state index contributed by atoms with van der Waals surface area (Å²) in [7, 11) is 0. The molecule has 0 saturated heterocycles. The van der Waals surface area contributed by atoms with E-state index in [4.69, 9.17) is 26.3 Å². The first-order valence-corrected chi connectivity index (χ1v) is 7.27. The van der Waals surface area contributed by atoms with Gasteiger partial charge in [-0.05, 0) is 18.6 Å². The zero-order chi connectivity index (χ0) is 17.1. The van der Waals surface area contributed by atoms with Gasteiger partial charge in [-0.3, -0.25) is 4.79 Å². The van der Waals surface area contributed by atoms with Gasteiger partial charge in [0.25, 0.3) is 0 Å². The first-order valence-electron chi connectivity index (χ1n) is 6.89. The Morgan fingerprint density at radius 3 is 2.83 bits per heavy atom. The fourth-order valence-corrected chi connectivity index (χ4v) is 1.80. The number of nitriles is 1. The Kier molecular flexibility index (Phi) is 8.25. The number of carbonyl (C=O) groups is 2. The van der Waals surface area contributed by atoms with Crippen LogP contribution in [0.2, 0.25) is 5.02 Å². The van der Waals surface area contributed by atoms with E-state index in [0.29, 0.717) is 17.2 Å². The van der Waals surface area contributed by atoms with Gasteiger partial charge in [0.1, 0.15) is 18.4 Å². The predicted molar refractivity (Wildman–Crippen MR) is 84.9 cm³/mol. The van der Waals surface area contributed by atoms with Crippen LogP contribution in [0.15, 0.2) is 36.9 Å². The van der Waals surface area contributed by atoms with E-state index in [0.717, 1.165) is 0 Å². The summed E-state index contributed by atoms with van der Waals surface area (Å²) < 4.78 is 10.2. The van der Waals surface area contributed by atoms with Crippen LogP contribution in [-0.4, -0.2) is 31.1 Å². The molecule has 1 amide bonds. The Morgan fingerprint density at radius 1 is 1.43 bits per heavy atom. The van der Waals surface area contributed by atoms with Gasteiger partial charge < -0.3 is 14.8 Å². The Hall–Kier alpha value is -2.52. The van der Waals surface area contributed by atoms with Crippen molar-refractivity contribution in [1.82, 2.24) is 5.32 Å². The Morgan fingerprint density at radius 2 is 2.17 bits per heavy atom. The maximum atomic E-state index is 11.9. The SMILES string of the molecule is C=CCCC(=O)NC(COc1ccccc1Cl)C(=O)OCC#N. The molecule has 0 fully saturated rings. The number of nitrogens with one attached hydrogen (secondary N) is 1. The zero-order valence-corrected chi connectivity index (χ0v) is 13.2. The number of rotatable bonds is 9. The monoisotopic (exact) mass is 336 g/mol. The number of esters is 1. The van der Waals surface area contributed by atoms with Gasteiger partial charge in [0.05, 0.1) is 5.02 Å². The molecule has 0 aliphatic heterocycles. The smallest absolute Gasteiger partial charge is 0.333 e. The number of ether oxygens (including phenoxy) is 2. The van der Waals surface area contributed by atoms with Crippen LogP contribution in [0.25, 0.3) is 0 Å². The highest BCUT2D eigenvalue weighted by atomic mass is 35.5. The van der Waals surface area contributed by atoms with E-state index in [2.05, 4.69) is 11.9 Å². The summed E-state index contributed by atoms with van der Waals surface area (Å²) in [5.74, 6) is -0.704. The molecule has 0 aromatic heterocycles. The van der Waals surface area contributed by atoms with Crippen LogP contribution in [0.1, 0.15) is 12.8 Å². The third-order valence-electron chi connectivity index (χ3n) is 2.72. The van der Waals surface area contributed by atoms with Crippen LogP contribution < -0.4 is 10.1 Å². The van der Waals surface area contributed by atoms with Crippen molar-refractivity contribution >= 4 is 23.5 Å². The van der Waals surface area contributed by atoms with E-state index in [9.17, 15) is 9.59 Å². The molecule has 1 rings (SSSR count).